The molecule has 0 amide bonds. The number of para-hydroxylation sites is 2. The molecule has 1 aromatic heterocycles. The van der Waals surface area contributed by atoms with E-state index in [1.165, 1.54) is 105 Å². The Labute approximate surface area is 291 Å². The minimum absolute atomic E-state index is 0.122. The third-order valence-electron chi connectivity index (χ3n) is 11.5. The number of nitrogens with zero attached hydrogens (tertiary/aromatic N) is 1. The molecule has 2 aliphatic carbocycles. The molecule has 50 heavy (non-hydrogen) atoms. The first-order valence-corrected chi connectivity index (χ1v) is 17.6. The van der Waals surface area contributed by atoms with E-state index >= 15 is 0 Å². The van der Waals surface area contributed by atoms with Crippen molar-refractivity contribution in [2.24, 2.45) is 0 Å². The van der Waals surface area contributed by atoms with Crippen LogP contribution in [0, 0.1) is 0 Å². The average Bonchev–Trinajstić information content (AvgIpc) is 3.75. The molecular formula is C49H33N. The van der Waals surface area contributed by atoms with Gasteiger partial charge in [-0.2, -0.15) is 0 Å². The van der Waals surface area contributed by atoms with Crippen molar-refractivity contribution < 1.29 is 0 Å². The Morgan fingerprint density at radius 1 is 0.380 bits per heavy atom. The Kier molecular flexibility index (Phi) is 5.51. The van der Waals surface area contributed by atoms with Crippen LogP contribution < -0.4 is 0 Å². The summed E-state index contributed by atoms with van der Waals surface area (Å²) in [7, 11) is 0. The Hall–Kier alpha value is -6.18. The lowest BCUT2D eigenvalue weighted by molar-refractivity contribution is 0.661. The molecule has 0 N–H and O–H groups in total. The Balaban J connectivity index is 0.993. The molecule has 1 nitrogen and oxygen atoms in total. The monoisotopic (exact) mass is 635 g/mol. The van der Waals surface area contributed by atoms with E-state index in [1.807, 2.05) is 0 Å². The highest BCUT2D eigenvalue weighted by atomic mass is 15.0. The normalized spacial score (nSPS) is 13.6. The van der Waals surface area contributed by atoms with Gasteiger partial charge in [0.05, 0.1) is 11.0 Å². The lowest BCUT2D eigenvalue weighted by atomic mass is 9.80. The number of benzene rings is 8. The standard InChI is InChI=1S/C49H33N/c1-49(2)44-28-33(31-18-22-36-40-15-8-10-30-11-9-16-41(48(30)40)42(36)26-31)19-23-37(44)38-24-20-34(29-45(38)49)32-21-25-47-43(27-32)39-14-6-7-17-46(39)50(47)35-12-4-3-5-13-35/h3-29H,1-2H3. The van der Waals surface area contributed by atoms with Crippen molar-refractivity contribution in [3.05, 3.63) is 175 Å². The summed E-state index contributed by atoms with van der Waals surface area (Å²) in [6, 6.07) is 61.1. The van der Waals surface area contributed by atoms with E-state index in [0.29, 0.717) is 0 Å². The number of hydrogen-bond acceptors (Lipinski definition) is 0. The lowest BCUT2D eigenvalue weighted by Gasteiger charge is -2.23. The maximum atomic E-state index is 2.45. The topological polar surface area (TPSA) is 4.93 Å². The summed E-state index contributed by atoms with van der Waals surface area (Å²) >= 11 is 0. The highest BCUT2D eigenvalue weighted by molar-refractivity contribution is 6.16. The van der Waals surface area contributed by atoms with E-state index in [1.54, 1.807) is 0 Å². The van der Waals surface area contributed by atoms with Gasteiger partial charge in [0, 0.05) is 21.9 Å². The maximum Gasteiger partial charge on any atom is 0.0541 e. The van der Waals surface area contributed by atoms with Gasteiger partial charge in [-0.1, -0.05) is 129 Å². The molecule has 9 aromatic rings. The quantitative estimate of drug-likeness (QED) is 0.182. The van der Waals surface area contributed by atoms with Gasteiger partial charge in [0.2, 0.25) is 0 Å². The number of fused-ring (bicyclic) bond motifs is 9. The van der Waals surface area contributed by atoms with Crippen molar-refractivity contribution in [2.75, 3.05) is 0 Å². The van der Waals surface area contributed by atoms with Crippen LogP contribution in [0.25, 0.3) is 93.9 Å². The zero-order valence-corrected chi connectivity index (χ0v) is 28.0. The molecular weight excluding hydrogens is 603 g/mol. The van der Waals surface area contributed by atoms with Crippen LogP contribution in [0.15, 0.2) is 164 Å². The molecule has 0 bridgehead atoms. The SMILES string of the molecule is CC1(C)c2cc(-c3ccc4c(c3)-c3cccc5cccc-4c35)ccc2-c2ccc(-c3ccc4c(c3)c3ccccc3n4-c3ccccc3)cc21. The molecule has 0 saturated heterocycles. The second kappa shape index (κ2) is 9.94. The van der Waals surface area contributed by atoms with Gasteiger partial charge < -0.3 is 4.57 Å². The van der Waals surface area contributed by atoms with Crippen LogP contribution >= 0.6 is 0 Å². The zero-order chi connectivity index (χ0) is 33.1. The zero-order valence-electron chi connectivity index (χ0n) is 28.0. The van der Waals surface area contributed by atoms with E-state index in [0.717, 1.165) is 0 Å². The molecule has 0 aliphatic heterocycles. The van der Waals surface area contributed by atoms with E-state index in [9.17, 15) is 0 Å². The fourth-order valence-corrected chi connectivity index (χ4v) is 9.08. The summed E-state index contributed by atoms with van der Waals surface area (Å²) in [5, 5.41) is 5.25. The predicted molar refractivity (Wildman–Crippen MR) is 211 cm³/mol. The smallest absolute Gasteiger partial charge is 0.0541 e. The molecule has 8 aromatic carbocycles. The molecule has 0 fully saturated rings. The van der Waals surface area contributed by atoms with E-state index < -0.39 is 0 Å². The fraction of sp³-hybridized carbons (Fsp3) is 0.0612. The molecule has 0 unspecified atom stereocenters. The summed E-state index contributed by atoms with van der Waals surface area (Å²) < 4.78 is 2.38. The van der Waals surface area contributed by atoms with Crippen LogP contribution in [0.1, 0.15) is 25.0 Å². The fourth-order valence-electron chi connectivity index (χ4n) is 9.08. The third kappa shape index (κ3) is 3.72. The van der Waals surface area contributed by atoms with E-state index in [4.69, 9.17) is 0 Å². The van der Waals surface area contributed by atoms with Crippen molar-refractivity contribution in [3.63, 3.8) is 0 Å². The molecule has 234 valence electrons. The summed E-state index contributed by atoms with van der Waals surface area (Å²) in [6.07, 6.45) is 0. The minimum Gasteiger partial charge on any atom is -0.309 e. The summed E-state index contributed by atoms with van der Waals surface area (Å²) in [4.78, 5) is 0. The van der Waals surface area contributed by atoms with Gasteiger partial charge in [-0.25, -0.2) is 0 Å². The average molecular weight is 636 g/mol. The van der Waals surface area contributed by atoms with Crippen molar-refractivity contribution in [2.45, 2.75) is 19.3 Å². The maximum absolute atomic E-state index is 2.45. The van der Waals surface area contributed by atoms with Gasteiger partial charge >= 0.3 is 0 Å². The van der Waals surface area contributed by atoms with Gasteiger partial charge in [-0.15, -0.1) is 0 Å². The van der Waals surface area contributed by atoms with Gasteiger partial charge in [0.15, 0.2) is 0 Å². The van der Waals surface area contributed by atoms with Crippen LogP contribution in [-0.4, -0.2) is 4.57 Å². The number of aromatic nitrogens is 1. The Morgan fingerprint density at radius 3 is 1.66 bits per heavy atom. The second-order valence-corrected chi connectivity index (χ2v) is 14.5. The van der Waals surface area contributed by atoms with Gasteiger partial charge in [-0.3, -0.25) is 0 Å². The molecule has 1 heterocycles. The number of rotatable bonds is 3. The third-order valence-corrected chi connectivity index (χ3v) is 11.5. The molecule has 11 rings (SSSR count). The first kappa shape index (κ1) is 27.7. The Bertz CT molecular complexity index is 2880. The second-order valence-electron chi connectivity index (χ2n) is 14.5. The molecule has 2 aliphatic rings. The van der Waals surface area contributed by atoms with Crippen LogP contribution in [0.5, 0.6) is 0 Å². The first-order valence-electron chi connectivity index (χ1n) is 17.6. The molecule has 0 spiro atoms. The van der Waals surface area contributed by atoms with Crippen LogP contribution in [0.4, 0.5) is 0 Å². The highest BCUT2D eigenvalue weighted by Crippen LogP contribution is 2.52. The highest BCUT2D eigenvalue weighted by Gasteiger charge is 2.36. The van der Waals surface area contributed by atoms with Crippen LogP contribution in [-0.2, 0) is 5.41 Å². The van der Waals surface area contributed by atoms with Crippen molar-refractivity contribution in [1.29, 1.82) is 0 Å². The molecule has 0 saturated carbocycles. The van der Waals surface area contributed by atoms with Crippen LogP contribution in [0.2, 0.25) is 0 Å². The Morgan fingerprint density at radius 2 is 0.940 bits per heavy atom. The molecule has 0 radical (unpaired) electrons. The summed E-state index contributed by atoms with van der Waals surface area (Å²) in [5.74, 6) is 0. The summed E-state index contributed by atoms with van der Waals surface area (Å²) in [5.41, 5.74) is 19.4. The summed E-state index contributed by atoms with van der Waals surface area (Å²) in [6.45, 7) is 4.78. The largest absolute Gasteiger partial charge is 0.309 e. The van der Waals surface area contributed by atoms with Crippen molar-refractivity contribution in [1.82, 2.24) is 4.57 Å². The van der Waals surface area contributed by atoms with Crippen LogP contribution in [0.3, 0.4) is 0 Å². The molecule has 0 atom stereocenters. The lowest BCUT2D eigenvalue weighted by Crippen LogP contribution is -2.15. The van der Waals surface area contributed by atoms with E-state index in [2.05, 4.69) is 182 Å². The van der Waals surface area contributed by atoms with Crippen molar-refractivity contribution >= 4 is 32.6 Å². The number of hydrogen-bond donors (Lipinski definition) is 0. The van der Waals surface area contributed by atoms with Gasteiger partial charge in [0.1, 0.15) is 0 Å². The van der Waals surface area contributed by atoms with E-state index in [-0.39, 0.29) is 5.41 Å². The predicted octanol–water partition coefficient (Wildman–Crippen LogP) is 13.2. The van der Waals surface area contributed by atoms with Crippen molar-refractivity contribution in [3.8, 4) is 61.3 Å². The van der Waals surface area contributed by atoms with Gasteiger partial charge in [0.25, 0.3) is 0 Å². The van der Waals surface area contributed by atoms with Gasteiger partial charge in [-0.05, 0) is 126 Å². The first-order chi connectivity index (χ1) is 24.5. The molecule has 1 heteroatoms. The minimum atomic E-state index is -0.122.